The number of anilines is 1. The van der Waals surface area contributed by atoms with Crippen molar-refractivity contribution in [1.82, 2.24) is 10.2 Å². The number of fused-ring (bicyclic) bond motifs is 1. The highest BCUT2D eigenvalue weighted by molar-refractivity contribution is 6.32. The minimum atomic E-state index is -1.40. The van der Waals surface area contributed by atoms with E-state index < -0.39 is 29.9 Å². The van der Waals surface area contributed by atoms with Crippen LogP contribution in [0.4, 0.5) is 10.5 Å². The first-order chi connectivity index (χ1) is 14.7. The number of hydrogen-bond acceptors (Lipinski definition) is 6. The highest BCUT2D eigenvalue weighted by Gasteiger charge is 2.50. The van der Waals surface area contributed by atoms with Gasteiger partial charge in [-0.25, -0.2) is 4.79 Å². The van der Waals surface area contributed by atoms with Gasteiger partial charge in [0.1, 0.15) is 12.1 Å². The fourth-order valence-corrected chi connectivity index (χ4v) is 3.88. The molecule has 31 heavy (non-hydrogen) atoms. The monoisotopic (exact) mass is 443 g/mol. The lowest BCUT2D eigenvalue weighted by Crippen LogP contribution is -2.42. The lowest BCUT2D eigenvalue weighted by atomic mass is 9.92. The first-order valence-electron chi connectivity index (χ1n) is 9.34. The Labute approximate surface area is 182 Å². The third kappa shape index (κ3) is 3.57. The van der Waals surface area contributed by atoms with Crippen LogP contribution in [0.3, 0.4) is 0 Å². The average Bonchev–Trinajstić information content (AvgIpc) is 3.25. The number of nitrogens with one attached hydrogen (secondary N) is 2. The van der Waals surface area contributed by atoms with Gasteiger partial charge in [-0.15, -0.1) is 0 Å². The molecule has 1 atom stereocenters. The fraction of sp³-hybridized carbons (Fsp3) is 0.238. The average molecular weight is 444 g/mol. The zero-order chi connectivity index (χ0) is 22.3. The van der Waals surface area contributed by atoms with E-state index in [1.54, 1.807) is 24.3 Å². The lowest BCUT2D eigenvalue weighted by Gasteiger charge is -2.23. The molecule has 1 unspecified atom stereocenters. The van der Waals surface area contributed by atoms with Crippen LogP contribution in [0.2, 0.25) is 5.02 Å². The first kappa shape index (κ1) is 20.7. The van der Waals surface area contributed by atoms with E-state index in [4.69, 9.17) is 21.1 Å². The SMILES string of the molecule is CC(=O)c1cc2c(cc1NC(=O)CN1C(=O)NC(C)(c3ccccc3Cl)C1=O)OCO2. The van der Waals surface area contributed by atoms with Crippen molar-refractivity contribution in [1.29, 1.82) is 0 Å². The van der Waals surface area contributed by atoms with Crippen LogP contribution < -0.4 is 20.1 Å². The number of ketones is 1. The molecule has 2 aromatic rings. The molecule has 2 aliphatic rings. The molecule has 0 radical (unpaired) electrons. The number of imide groups is 1. The summed E-state index contributed by atoms with van der Waals surface area (Å²) in [5.41, 5.74) is -0.565. The third-order valence-electron chi connectivity index (χ3n) is 5.16. The molecule has 0 bridgehead atoms. The number of nitrogens with zero attached hydrogens (tertiary/aromatic N) is 1. The maximum Gasteiger partial charge on any atom is 0.325 e. The zero-order valence-electron chi connectivity index (χ0n) is 16.7. The number of benzene rings is 2. The molecule has 160 valence electrons. The maximum absolute atomic E-state index is 13.0. The molecule has 0 aliphatic carbocycles. The van der Waals surface area contributed by atoms with Crippen molar-refractivity contribution in [2.75, 3.05) is 18.7 Å². The summed E-state index contributed by atoms with van der Waals surface area (Å²) in [6, 6.07) is 8.87. The van der Waals surface area contributed by atoms with Crippen LogP contribution in [0.1, 0.15) is 29.8 Å². The maximum atomic E-state index is 13.0. The van der Waals surface area contributed by atoms with Gasteiger partial charge in [-0.05, 0) is 26.0 Å². The van der Waals surface area contributed by atoms with Crippen LogP contribution >= 0.6 is 11.6 Å². The van der Waals surface area contributed by atoms with Crippen molar-refractivity contribution in [3.63, 3.8) is 0 Å². The molecule has 2 aromatic carbocycles. The summed E-state index contributed by atoms with van der Waals surface area (Å²) in [6.45, 7) is 2.33. The lowest BCUT2D eigenvalue weighted by molar-refractivity contribution is -0.133. The summed E-state index contributed by atoms with van der Waals surface area (Å²) >= 11 is 6.21. The Kier molecular flexibility index (Phi) is 5.06. The Hall–Kier alpha value is -3.59. The van der Waals surface area contributed by atoms with Gasteiger partial charge in [0.15, 0.2) is 17.3 Å². The van der Waals surface area contributed by atoms with Gasteiger partial charge >= 0.3 is 6.03 Å². The van der Waals surface area contributed by atoms with Gasteiger partial charge in [0.2, 0.25) is 12.7 Å². The summed E-state index contributed by atoms with van der Waals surface area (Å²) in [5, 5.41) is 5.49. The number of halogens is 1. The van der Waals surface area contributed by atoms with Crippen molar-refractivity contribution >= 4 is 40.9 Å². The Bertz CT molecular complexity index is 1130. The second-order valence-electron chi connectivity index (χ2n) is 7.28. The summed E-state index contributed by atoms with van der Waals surface area (Å²) in [7, 11) is 0. The zero-order valence-corrected chi connectivity index (χ0v) is 17.4. The van der Waals surface area contributed by atoms with E-state index in [1.807, 2.05) is 0 Å². The van der Waals surface area contributed by atoms with E-state index in [-0.39, 0.29) is 23.8 Å². The molecule has 9 nitrogen and oxygen atoms in total. The quantitative estimate of drug-likeness (QED) is 0.542. The molecule has 0 saturated carbocycles. The van der Waals surface area contributed by atoms with E-state index in [0.717, 1.165) is 4.90 Å². The molecule has 0 aromatic heterocycles. The second-order valence-corrected chi connectivity index (χ2v) is 7.69. The van der Waals surface area contributed by atoms with Gasteiger partial charge < -0.3 is 20.1 Å². The molecule has 2 N–H and O–H groups in total. The third-order valence-corrected chi connectivity index (χ3v) is 5.48. The second kappa shape index (κ2) is 7.59. The molecular weight excluding hydrogens is 426 g/mol. The van der Waals surface area contributed by atoms with Crippen LogP contribution in [-0.4, -0.2) is 41.9 Å². The van der Waals surface area contributed by atoms with E-state index in [1.165, 1.54) is 26.0 Å². The van der Waals surface area contributed by atoms with Crippen molar-refractivity contribution in [2.24, 2.45) is 0 Å². The van der Waals surface area contributed by atoms with Gasteiger partial charge in [0, 0.05) is 22.2 Å². The van der Waals surface area contributed by atoms with Gasteiger partial charge in [0.25, 0.3) is 5.91 Å². The highest BCUT2D eigenvalue weighted by atomic mass is 35.5. The van der Waals surface area contributed by atoms with Crippen LogP contribution in [0.15, 0.2) is 36.4 Å². The minimum absolute atomic E-state index is 0.00710. The molecule has 1 saturated heterocycles. The molecule has 1 fully saturated rings. The molecule has 4 rings (SSSR count). The molecule has 2 aliphatic heterocycles. The normalized spacial score (nSPS) is 19.4. The smallest absolute Gasteiger partial charge is 0.325 e. The Morgan fingerprint density at radius 2 is 1.87 bits per heavy atom. The number of amides is 4. The topological polar surface area (TPSA) is 114 Å². The van der Waals surface area contributed by atoms with Gasteiger partial charge in [-0.3, -0.25) is 19.3 Å². The van der Waals surface area contributed by atoms with Crippen LogP contribution in [0, 0.1) is 0 Å². The summed E-state index contributed by atoms with van der Waals surface area (Å²) in [4.78, 5) is 50.9. The number of carbonyl (C=O) groups excluding carboxylic acids is 4. The number of ether oxygens (including phenoxy) is 2. The molecule has 10 heteroatoms. The van der Waals surface area contributed by atoms with E-state index in [2.05, 4.69) is 10.6 Å². The number of hydrogen-bond donors (Lipinski definition) is 2. The number of Topliss-reactive ketones (excluding diaryl/α,β-unsaturated/α-hetero) is 1. The number of carbonyl (C=O) groups is 4. The largest absolute Gasteiger partial charge is 0.454 e. The predicted molar refractivity (Wildman–Crippen MR) is 110 cm³/mol. The summed E-state index contributed by atoms with van der Waals surface area (Å²) in [6.07, 6.45) is 0. The molecular formula is C21H18ClN3O6. The van der Waals surface area contributed by atoms with Crippen LogP contribution in [-0.2, 0) is 15.1 Å². The predicted octanol–water partition coefficient (Wildman–Crippen LogP) is 2.68. The highest BCUT2D eigenvalue weighted by Crippen LogP contribution is 2.37. The van der Waals surface area contributed by atoms with Gasteiger partial charge in [-0.1, -0.05) is 29.8 Å². The first-order valence-corrected chi connectivity index (χ1v) is 9.72. The Morgan fingerprint density at radius 3 is 2.55 bits per heavy atom. The molecule has 0 spiro atoms. The molecule has 2 heterocycles. The van der Waals surface area contributed by atoms with Gasteiger partial charge in [0.05, 0.1) is 5.69 Å². The van der Waals surface area contributed by atoms with Gasteiger partial charge in [-0.2, -0.15) is 0 Å². The van der Waals surface area contributed by atoms with E-state index in [0.29, 0.717) is 22.1 Å². The Morgan fingerprint density at radius 1 is 1.19 bits per heavy atom. The van der Waals surface area contributed by atoms with Crippen molar-refractivity contribution in [3.05, 3.63) is 52.5 Å². The van der Waals surface area contributed by atoms with Crippen molar-refractivity contribution in [3.8, 4) is 11.5 Å². The van der Waals surface area contributed by atoms with E-state index >= 15 is 0 Å². The molecule has 4 amide bonds. The fourth-order valence-electron chi connectivity index (χ4n) is 3.56. The van der Waals surface area contributed by atoms with Crippen molar-refractivity contribution < 1.29 is 28.7 Å². The number of urea groups is 1. The summed E-state index contributed by atoms with van der Waals surface area (Å²) < 4.78 is 10.5. The Balaban J connectivity index is 1.55. The standard InChI is InChI=1S/C21H18ClN3O6/c1-11(26)12-7-16-17(31-10-30-16)8-15(12)23-18(27)9-25-19(28)21(2,24-20(25)29)13-5-3-4-6-14(13)22/h3-8H,9-10H2,1-2H3,(H,23,27)(H,24,29). The summed E-state index contributed by atoms with van der Waals surface area (Å²) in [5.74, 6) is -0.796. The van der Waals surface area contributed by atoms with Crippen LogP contribution in [0.25, 0.3) is 0 Å². The minimum Gasteiger partial charge on any atom is -0.454 e. The van der Waals surface area contributed by atoms with Crippen molar-refractivity contribution in [2.45, 2.75) is 19.4 Å². The van der Waals surface area contributed by atoms with E-state index in [9.17, 15) is 19.2 Å². The van der Waals surface area contributed by atoms with Crippen LogP contribution in [0.5, 0.6) is 11.5 Å². The number of rotatable bonds is 5.